The van der Waals surface area contributed by atoms with Gasteiger partial charge >= 0.3 is 15.8 Å². The van der Waals surface area contributed by atoms with Crippen LogP contribution in [0.2, 0.25) is 5.02 Å². The van der Waals surface area contributed by atoms with Crippen LogP contribution in [0.5, 0.6) is 0 Å². The zero-order valence-corrected chi connectivity index (χ0v) is 13.5. The largest absolute Gasteiger partial charge is 0.411 e. The Morgan fingerprint density at radius 3 is 1.50 bits per heavy atom. The topological polar surface area (TPSA) is 191 Å². The van der Waals surface area contributed by atoms with Crippen LogP contribution in [0.15, 0.2) is 14.7 Å². The molecular weight excluding hydrogens is 388 g/mol. The Balaban J connectivity index is 4.49. The predicted molar refractivity (Wildman–Crippen MR) is 70.4 cm³/mol. The molecule has 0 bridgehead atoms. The number of hydrogen-bond donors (Lipinski definition) is 3. The molecule has 0 aliphatic heterocycles. The van der Waals surface area contributed by atoms with Gasteiger partial charge in [0.15, 0.2) is 4.98 Å². The van der Waals surface area contributed by atoms with Gasteiger partial charge in [-0.25, -0.2) is 0 Å². The van der Waals surface area contributed by atoms with E-state index >= 15 is 0 Å². The molecule has 0 radical (unpaired) electrons. The molecule has 0 heterocycles. The zero-order chi connectivity index (χ0) is 17.7. The molecule has 1 rings (SSSR count). The summed E-state index contributed by atoms with van der Waals surface area (Å²) >= 11 is 5.45. The van der Waals surface area contributed by atoms with Crippen LogP contribution in [0.3, 0.4) is 0 Å². The van der Waals surface area contributed by atoms with Crippen molar-refractivity contribution in [1.29, 1.82) is 5.39 Å². The second kappa shape index (κ2) is 5.38. The van der Waals surface area contributed by atoms with Gasteiger partial charge in [0, 0.05) is 0 Å². The molecule has 0 atom stereocenters. The highest BCUT2D eigenvalue weighted by Crippen LogP contribution is 2.43. The molecule has 0 amide bonds. The van der Waals surface area contributed by atoms with Crippen molar-refractivity contribution in [3.8, 4) is 0 Å². The molecule has 0 saturated carbocycles. The number of benzene rings is 1. The van der Waals surface area contributed by atoms with Gasteiger partial charge in [-0.3, -0.25) is 13.7 Å². The van der Waals surface area contributed by atoms with E-state index in [2.05, 4.69) is 4.98 Å². The maximum atomic E-state index is 11.3. The molecule has 11 nitrogen and oxygen atoms in total. The number of rotatable bonds is 3. The fourth-order valence-electron chi connectivity index (χ4n) is 1.65. The first-order valence-electron chi connectivity index (χ1n) is 4.77. The lowest BCUT2D eigenvalue weighted by Gasteiger charge is -2.10. The number of nitrogens with zero attached hydrogens (tertiary/aromatic N) is 2. The average Bonchev–Trinajstić information content (AvgIpc) is 2.22. The Labute approximate surface area is 129 Å². The summed E-state index contributed by atoms with van der Waals surface area (Å²) in [4.78, 5) is -2.35. The van der Waals surface area contributed by atoms with Gasteiger partial charge in [0.05, 0.1) is 10.6 Å². The van der Waals surface area contributed by atoms with E-state index in [1.165, 1.54) is 0 Å². The van der Waals surface area contributed by atoms with E-state index in [1.807, 2.05) is 0 Å². The average molecular weight is 394 g/mol. The Bertz CT molecular complexity index is 1020. The summed E-state index contributed by atoms with van der Waals surface area (Å²) in [6.45, 7) is 0.812. The molecule has 22 heavy (non-hydrogen) atoms. The first kappa shape index (κ1) is 18.7. The Hall–Kier alpha value is -1.34. The molecule has 3 N–H and O–H groups in total. The summed E-state index contributed by atoms with van der Waals surface area (Å²) in [5, 5.41) is 7.39. The summed E-state index contributed by atoms with van der Waals surface area (Å²) in [5.41, 5.74) is -2.03. The fraction of sp³-hybridized carbons (Fsp3) is 0.143. The highest BCUT2D eigenvalue weighted by Gasteiger charge is 2.43. The van der Waals surface area contributed by atoms with Crippen LogP contribution >= 0.6 is 11.6 Å². The van der Waals surface area contributed by atoms with Crippen molar-refractivity contribution in [2.24, 2.45) is 0 Å². The Morgan fingerprint density at radius 2 is 1.23 bits per heavy atom. The van der Waals surface area contributed by atoms with Crippen LogP contribution in [-0.2, 0) is 30.4 Å². The predicted octanol–water partition coefficient (Wildman–Crippen LogP) is 0.873. The van der Waals surface area contributed by atoms with Crippen LogP contribution in [-0.4, -0.2) is 38.9 Å². The third-order valence-electron chi connectivity index (χ3n) is 2.39. The van der Waals surface area contributed by atoms with Gasteiger partial charge in [-0.05, 0) is 6.92 Å². The maximum Gasteiger partial charge on any atom is 0.411 e. The van der Waals surface area contributed by atoms with Gasteiger partial charge < -0.3 is 0 Å². The van der Waals surface area contributed by atoms with Crippen molar-refractivity contribution >= 4 is 47.6 Å². The lowest BCUT2D eigenvalue weighted by molar-refractivity contribution is 0.465. The van der Waals surface area contributed by atoms with Crippen molar-refractivity contribution in [2.75, 3.05) is 0 Å². The summed E-state index contributed by atoms with van der Waals surface area (Å²) in [6.07, 6.45) is 0. The molecule has 0 spiro atoms. The first-order valence-corrected chi connectivity index (χ1v) is 9.47. The second-order valence-electron chi connectivity index (χ2n) is 3.80. The minimum atomic E-state index is -5.50. The normalized spacial score (nSPS) is 12.9. The fourth-order valence-corrected chi connectivity index (χ4v) is 5.47. The lowest BCUT2D eigenvalue weighted by Crippen LogP contribution is -2.14. The van der Waals surface area contributed by atoms with Crippen molar-refractivity contribution in [2.45, 2.75) is 21.6 Å². The van der Waals surface area contributed by atoms with Crippen molar-refractivity contribution < 1.29 is 38.9 Å². The third-order valence-corrected chi connectivity index (χ3v) is 5.98. The molecule has 15 heteroatoms. The van der Waals surface area contributed by atoms with Crippen LogP contribution in [0.25, 0.3) is 4.98 Å². The van der Waals surface area contributed by atoms with Gasteiger partial charge in [-0.2, -0.15) is 25.3 Å². The molecule has 0 saturated heterocycles. The molecule has 1 aromatic carbocycles. The monoisotopic (exact) mass is 393 g/mol. The second-order valence-corrected chi connectivity index (χ2v) is 8.25. The number of halogens is 1. The molecule has 1 aromatic rings. The molecule has 122 valence electrons. The molecule has 0 fully saturated rings. The van der Waals surface area contributed by atoms with Gasteiger partial charge in [0.25, 0.3) is 20.2 Å². The zero-order valence-electron chi connectivity index (χ0n) is 10.3. The first-order chi connectivity index (χ1) is 9.64. The minimum absolute atomic E-state index is 0.782. The van der Waals surface area contributed by atoms with Crippen molar-refractivity contribution in [3.63, 3.8) is 0 Å². The van der Waals surface area contributed by atoms with Crippen LogP contribution in [0, 0.1) is 12.3 Å². The van der Waals surface area contributed by atoms with E-state index in [1.54, 1.807) is 0 Å². The number of diazo groups is 1. The van der Waals surface area contributed by atoms with E-state index in [0.29, 0.717) is 0 Å². The van der Waals surface area contributed by atoms with E-state index in [4.69, 9.17) is 30.7 Å². The molecule has 0 aliphatic carbocycles. The molecule has 0 unspecified atom stereocenters. The quantitative estimate of drug-likeness (QED) is 0.490. The highest BCUT2D eigenvalue weighted by atomic mass is 35.5. The third kappa shape index (κ3) is 3.20. The molecule has 0 aromatic heterocycles. The van der Waals surface area contributed by atoms with E-state index in [9.17, 15) is 25.3 Å². The Kier molecular flexibility index (Phi) is 4.58. The SMILES string of the molecule is Cc1c([N+]#N)c(S(=O)(=O)O)c(S(=O)(=O)O)c(Cl)c1S(=O)(=O)O. The van der Waals surface area contributed by atoms with Crippen LogP contribution < -0.4 is 0 Å². The van der Waals surface area contributed by atoms with Crippen molar-refractivity contribution in [1.82, 2.24) is 0 Å². The van der Waals surface area contributed by atoms with Gasteiger partial charge in [-0.15, -0.1) is 0 Å². The van der Waals surface area contributed by atoms with Crippen molar-refractivity contribution in [3.05, 3.63) is 15.6 Å². The number of hydrogen-bond acceptors (Lipinski definition) is 7. The lowest BCUT2D eigenvalue weighted by atomic mass is 10.2. The summed E-state index contributed by atoms with van der Waals surface area (Å²) < 4.78 is 94.7. The van der Waals surface area contributed by atoms with Crippen LogP contribution in [0.1, 0.15) is 5.56 Å². The standard InChI is InChI=1S/C7H5ClN2O9S3/c1-2-4(10-9)7(22(17,18)19)6(21(14,15)16)3(8)5(2)20(11,12)13/h1H3,(H2-,11,12,13,14,15,16,17,18,19)/p+1. The maximum absolute atomic E-state index is 11.3. The van der Waals surface area contributed by atoms with Gasteiger partial charge in [-0.1, -0.05) is 11.6 Å². The molecule has 0 aliphatic rings. The van der Waals surface area contributed by atoms with Gasteiger partial charge in [0.1, 0.15) is 9.79 Å². The van der Waals surface area contributed by atoms with E-state index in [-0.39, 0.29) is 0 Å². The minimum Gasteiger partial charge on any atom is -0.282 e. The summed E-state index contributed by atoms with van der Waals surface area (Å²) in [6, 6.07) is 0. The van der Waals surface area contributed by atoms with E-state index in [0.717, 1.165) is 6.92 Å². The Morgan fingerprint density at radius 1 is 0.864 bits per heavy atom. The van der Waals surface area contributed by atoms with E-state index < -0.39 is 61.3 Å². The van der Waals surface area contributed by atoms with Gasteiger partial charge in [0.2, 0.25) is 10.3 Å². The highest BCUT2D eigenvalue weighted by molar-refractivity contribution is 7.89. The summed E-state index contributed by atoms with van der Waals surface area (Å²) in [7, 11) is -16.1. The van der Waals surface area contributed by atoms with Crippen LogP contribution in [0.4, 0.5) is 5.69 Å². The summed E-state index contributed by atoms with van der Waals surface area (Å²) in [5.74, 6) is 0. The smallest absolute Gasteiger partial charge is 0.282 e. The molecular formula is C7H6ClN2O9S3+.